The Morgan fingerprint density at radius 3 is 2.56 bits per heavy atom. The molecule has 5 heteroatoms. The molecular weight excluding hydrogens is 236 g/mol. The van der Waals surface area contributed by atoms with Gasteiger partial charge in [0.1, 0.15) is 18.3 Å². The molecule has 2 bridgehead atoms. The van der Waals surface area contributed by atoms with Crippen molar-refractivity contribution in [2.24, 2.45) is 0 Å². The second-order valence-electron chi connectivity index (χ2n) is 4.65. The van der Waals surface area contributed by atoms with Gasteiger partial charge in [0, 0.05) is 0 Å². The first kappa shape index (κ1) is 11.6. The number of hydrogen-bond donors (Lipinski definition) is 2. The Balaban J connectivity index is 1.89. The van der Waals surface area contributed by atoms with Crippen LogP contribution in [0.1, 0.15) is 18.1 Å². The van der Waals surface area contributed by atoms with E-state index in [1.54, 1.807) is 0 Å². The zero-order chi connectivity index (χ0) is 12.7. The largest absolute Gasteiger partial charge is 0.457 e. The Labute approximate surface area is 104 Å². The number of aliphatic hydroxyl groups is 2. The van der Waals surface area contributed by atoms with Gasteiger partial charge in [-0.3, -0.25) is 4.79 Å². The maximum atomic E-state index is 11.3. The summed E-state index contributed by atoms with van der Waals surface area (Å²) in [6.45, 7) is 0. The number of carbonyl (C=O) groups is 1. The van der Waals surface area contributed by atoms with Crippen molar-refractivity contribution < 1.29 is 24.5 Å². The van der Waals surface area contributed by atoms with E-state index in [-0.39, 0.29) is 6.42 Å². The summed E-state index contributed by atoms with van der Waals surface area (Å²) in [4.78, 5) is 11.3. The molecule has 18 heavy (non-hydrogen) atoms. The summed E-state index contributed by atoms with van der Waals surface area (Å²) in [6.07, 6.45) is -4.08. The monoisotopic (exact) mass is 250 g/mol. The lowest BCUT2D eigenvalue weighted by Crippen LogP contribution is -2.59. The molecule has 0 radical (unpaired) electrons. The summed E-state index contributed by atoms with van der Waals surface area (Å²) in [6, 6.07) is 9.23. The average molecular weight is 250 g/mol. The standard InChI is InChI=1S/C13H14O5/c14-9-6-8-10(15)13(18-9)11(16)12(17-8)7-4-2-1-3-5-7/h1-5,8,10-13,15-16H,6H2/t8-,10+,11+,12-,13+/m1/s1. The third-order valence-electron chi connectivity index (χ3n) is 3.45. The van der Waals surface area contributed by atoms with Crippen molar-refractivity contribution in [2.45, 2.75) is 36.9 Å². The lowest BCUT2D eigenvalue weighted by atomic mass is 9.88. The summed E-state index contributed by atoms with van der Waals surface area (Å²) in [7, 11) is 0. The average Bonchev–Trinajstić information content (AvgIpc) is 2.37. The van der Waals surface area contributed by atoms with E-state index in [9.17, 15) is 15.0 Å². The molecule has 0 amide bonds. The van der Waals surface area contributed by atoms with E-state index in [0.29, 0.717) is 0 Å². The summed E-state index contributed by atoms with van der Waals surface area (Å²) >= 11 is 0. The molecule has 0 unspecified atom stereocenters. The molecule has 0 saturated carbocycles. The molecular formula is C13H14O5. The molecule has 5 atom stereocenters. The number of benzene rings is 1. The van der Waals surface area contributed by atoms with E-state index in [1.807, 2.05) is 30.3 Å². The number of hydrogen-bond acceptors (Lipinski definition) is 5. The summed E-state index contributed by atoms with van der Waals surface area (Å²) < 4.78 is 10.7. The molecule has 2 heterocycles. The molecule has 2 aliphatic heterocycles. The number of ether oxygens (including phenoxy) is 2. The summed E-state index contributed by atoms with van der Waals surface area (Å²) in [5.74, 6) is -0.444. The van der Waals surface area contributed by atoms with Gasteiger partial charge in [-0.25, -0.2) is 0 Å². The van der Waals surface area contributed by atoms with E-state index in [0.717, 1.165) is 5.56 Å². The molecule has 3 rings (SSSR count). The minimum atomic E-state index is -1.05. The predicted octanol–water partition coefficient (Wildman–Crippen LogP) is 0.164. The fraction of sp³-hybridized carbons (Fsp3) is 0.462. The fourth-order valence-electron chi connectivity index (χ4n) is 2.53. The third-order valence-corrected chi connectivity index (χ3v) is 3.45. The molecule has 2 N–H and O–H groups in total. The maximum absolute atomic E-state index is 11.3. The molecule has 0 aromatic heterocycles. The van der Waals surface area contributed by atoms with Crippen molar-refractivity contribution in [2.75, 3.05) is 0 Å². The Hall–Kier alpha value is -1.43. The van der Waals surface area contributed by atoms with Gasteiger partial charge in [-0.05, 0) is 5.56 Å². The van der Waals surface area contributed by atoms with Crippen molar-refractivity contribution in [1.82, 2.24) is 0 Å². The van der Waals surface area contributed by atoms with Gasteiger partial charge in [0.15, 0.2) is 6.10 Å². The Kier molecular flexibility index (Phi) is 2.81. The van der Waals surface area contributed by atoms with Crippen LogP contribution in [0.4, 0.5) is 0 Å². The van der Waals surface area contributed by atoms with Crippen LogP contribution in [0, 0.1) is 0 Å². The maximum Gasteiger partial charge on any atom is 0.308 e. The van der Waals surface area contributed by atoms with Gasteiger partial charge in [-0.1, -0.05) is 30.3 Å². The number of esters is 1. The molecule has 2 saturated heterocycles. The van der Waals surface area contributed by atoms with Crippen LogP contribution < -0.4 is 0 Å². The first-order valence-corrected chi connectivity index (χ1v) is 5.93. The number of fused-ring (bicyclic) bond motifs is 2. The highest BCUT2D eigenvalue weighted by Crippen LogP contribution is 2.37. The lowest BCUT2D eigenvalue weighted by molar-refractivity contribution is -0.257. The van der Waals surface area contributed by atoms with Gasteiger partial charge in [0.05, 0.1) is 12.5 Å². The van der Waals surface area contributed by atoms with Crippen LogP contribution in [-0.2, 0) is 14.3 Å². The van der Waals surface area contributed by atoms with E-state index in [1.165, 1.54) is 0 Å². The highest BCUT2D eigenvalue weighted by atomic mass is 16.6. The van der Waals surface area contributed by atoms with Gasteiger partial charge in [0.25, 0.3) is 0 Å². The highest BCUT2D eigenvalue weighted by molar-refractivity contribution is 5.71. The van der Waals surface area contributed by atoms with Gasteiger partial charge in [-0.15, -0.1) is 0 Å². The Morgan fingerprint density at radius 1 is 1.11 bits per heavy atom. The Bertz CT molecular complexity index is 446. The van der Waals surface area contributed by atoms with Gasteiger partial charge >= 0.3 is 5.97 Å². The minimum Gasteiger partial charge on any atom is -0.457 e. The SMILES string of the molecule is O=C1C[C@H]2O[C@H](c3ccccc3)[C@H](O)[C@@H](O1)[C@H]2O. The number of rotatable bonds is 1. The van der Waals surface area contributed by atoms with Crippen molar-refractivity contribution in [3.63, 3.8) is 0 Å². The topological polar surface area (TPSA) is 76.0 Å². The summed E-state index contributed by atoms with van der Waals surface area (Å²) in [5, 5.41) is 20.0. The molecule has 1 aromatic carbocycles. The minimum absolute atomic E-state index is 0.0215. The van der Waals surface area contributed by atoms with Crippen LogP contribution in [-0.4, -0.2) is 40.6 Å². The predicted molar refractivity (Wildman–Crippen MR) is 60.6 cm³/mol. The molecule has 2 aliphatic rings. The molecule has 5 nitrogen and oxygen atoms in total. The fourth-order valence-corrected chi connectivity index (χ4v) is 2.53. The van der Waals surface area contributed by atoms with Crippen LogP contribution in [0.3, 0.4) is 0 Å². The molecule has 2 fully saturated rings. The second kappa shape index (κ2) is 4.35. The van der Waals surface area contributed by atoms with Crippen molar-refractivity contribution >= 4 is 5.97 Å². The first-order valence-electron chi connectivity index (χ1n) is 5.93. The Morgan fingerprint density at radius 2 is 1.83 bits per heavy atom. The third kappa shape index (κ3) is 1.80. The molecule has 0 spiro atoms. The van der Waals surface area contributed by atoms with Crippen LogP contribution in [0.25, 0.3) is 0 Å². The second-order valence-corrected chi connectivity index (χ2v) is 4.65. The van der Waals surface area contributed by atoms with Gasteiger partial charge < -0.3 is 19.7 Å². The van der Waals surface area contributed by atoms with E-state index in [4.69, 9.17) is 9.47 Å². The smallest absolute Gasteiger partial charge is 0.308 e. The van der Waals surface area contributed by atoms with Gasteiger partial charge in [-0.2, -0.15) is 0 Å². The van der Waals surface area contributed by atoms with Crippen LogP contribution in [0.15, 0.2) is 30.3 Å². The quantitative estimate of drug-likeness (QED) is 0.695. The van der Waals surface area contributed by atoms with E-state index < -0.39 is 36.5 Å². The summed E-state index contributed by atoms with van der Waals surface area (Å²) in [5.41, 5.74) is 0.810. The van der Waals surface area contributed by atoms with Crippen molar-refractivity contribution in [1.29, 1.82) is 0 Å². The van der Waals surface area contributed by atoms with Crippen LogP contribution in [0.5, 0.6) is 0 Å². The first-order chi connectivity index (χ1) is 8.66. The van der Waals surface area contributed by atoms with Crippen molar-refractivity contribution in [3.8, 4) is 0 Å². The zero-order valence-corrected chi connectivity index (χ0v) is 9.60. The normalized spacial score (nSPS) is 39.2. The zero-order valence-electron chi connectivity index (χ0n) is 9.60. The van der Waals surface area contributed by atoms with Gasteiger partial charge in [0.2, 0.25) is 0 Å². The van der Waals surface area contributed by atoms with Crippen LogP contribution >= 0.6 is 0 Å². The molecule has 0 aliphatic carbocycles. The van der Waals surface area contributed by atoms with Crippen LogP contribution in [0.2, 0.25) is 0 Å². The van der Waals surface area contributed by atoms with Crippen molar-refractivity contribution in [3.05, 3.63) is 35.9 Å². The molecule has 1 aromatic rings. The van der Waals surface area contributed by atoms with E-state index in [2.05, 4.69) is 0 Å². The van der Waals surface area contributed by atoms with E-state index >= 15 is 0 Å². The number of carbonyl (C=O) groups excluding carboxylic acids is 1. The lowest BCUT2D eigenvalue weighted by Gasteiger charge is -2.45. The molecule has 96 valence electrons. The highest BCUT2D eigenvalue weighted by Gasteiger charge is 2.50. The number of aliphatic hydroxyl groups excluding tert-OH is 2.